The molecule has 10 heteroatoms. The van der Waals surface area contributed by atoms with E-state index in [0.717, 1.165) is 12.4 Å². The van der Waals surface area contributed by atoms with Crippen molar-refractivity contribution in [1.82, 2.24) is 4.72 Å². The van der Waals surface area contributed by atoms with E-state index in [-0.39, 0.29) is 16.5 Å². The van der Waals surface area contributed by atoms with Crippen molar-refractivity contribution in [2.45, 2.75) is 37.8 Å². The van der Waals surface area contributed by atoms with Gasteiger partial charge in [-0.05, 0) is 45.0 Å². The van der Waals surface area contributed by atoms with Crippen molar-refractivity contribution in [2.75, 3.05) is 5.32 Å². The van der Waals surface area contributed by atoms with Crippen molar-refractivity contribution in [3.8, 4) is 0 Å². The molecule has 2 aromatic rings. The van der Waals surface area contributed by atoms with E-state index in [2.05, 4.69) is 10.0 Å². The highest BCUT2D eigenvalue weighted by Crippen LogP contribution is 2.15. The maximum Gasteiger partial charge on any atom is 0.339 e. The Bertz CT molecular complexity index is 940. The van der Waals surface area contributed by atoms with Gasteiger partial charge in [0.2, 0.25) is 10.0 Å². The third-order valence-electron chi connectivity index (χ3n) is 3.51. The Kier molecular flexibility index (Phi) is 6.71. The number of hydrogen-bond acceptors (Lipinski definition) is 6. The highest BCUT2D eigenvalue weighted by atomic mass is 32.2. The third kappa shape index (κ3) is 5.76. The fourth-order valence-electron chi connectivity index (χ4n) is 2.17. The maximum atomic E-state index is 12.2. The van der Waals surface area contributed by atoms with Crippen LogP contribution < -0.4 is 14.8 Å². The summed E-state index contributed by atoms with van der Waals surface area (Å²) in [6, 6.07) is 7.91. The van der Waals surface area contributed by atoms with Gasteiger partial charge in [0.25, 0.3) is 5.91 Å². The minimum absolute atomic E-state index is 0.0679. The summed E-state index contributed by atoms with van der Waals surface area (Å²) in [6.45, 7) is 4.82. The van der Waals surface area contributed by atoms with Crippen LogP contribution in [0.3, 0.4) is 0 Å². The number of pyridine rings is 1. The molecule has 150 valence electrons. The Morgan fingerprint density at radius 1 is 1.04 bits per heavy atom. The number of anilines is 1. The van der Waals surface area contributed by atoms with Gasteiger partial charge in [-0.1, -0.05) is 0 Å². The molecule has 0 aliphatic rings. The van der Waals surface area contributed by atoms with E-state index >= 15 is 0 Å². The second kappa shape index (κ2) is 8.81. The van der Waals surface area contributed by atoms with Gasteiger partial charge in [-0.25, -0.2) is 17.9 Å². The lowest BCUT2D eigenvalue weighted by molar-refractivity contribution is -0.605. The minimum Gasteiger partial charge on any atom is -0.619 e. The molecule has 1 aromatic heterocycles. The van der Waals surface area contributed by atoms with E-state index in [4.69, 9.17) is 4.74 Å². The summed E-state index contributed by atoms with van der Waals surface area (Å²) >= 11 is 0. The Morgan fingerprint density at radius 2 is 1.61 bits per heavy atom. The monoisotopic (exact) mass is 407 g/mol. The number of nitrogens with zero attached hydrogens (tertiary/aromatic N) is 1. The van der Waals surface area contributed by atoms with E-state index in [1.807, 2.05) is 0 Å². The second-order valence-corrected chi connectivity index (χ2v) is 8.00. The van der Waals surface area contributed by atoms with Gasteiger partial charge < -0.3 is 15.3 Å². The fraction of sp³-hybridized carbons (Fsp3) is 0.278. The number of carbonyl (C=O) groups excluding carboxylic acids is 2. The largest absolute Gasteiger partial charge is 0.619 e. The van der Waals surface area contributed by atoms with Crippen LogP contribution >= 0.6 is 0 Å². The Hall–Kier alpha value is -2.98. The van der Waals surface area contributed by atoms with Gasteiger partial charge in [0.1, 0.15) is 0 Å². The molecule has 0 spiro atoms. The van der Waals surface area contributed by atoms with Gasteiger partial charge >= 0.3 is 5.97 Å². The molecule has 2 rings (SSSR count). The quantitative estimate of drug-likeness (QED) is 0.403. The fourth-order valence-corrected chi connectivity index (χ4v) is 3.42. The molecule has 0 unspecified atom stereocenters. The van der Waals surface area contributed by atoms with Crippen LogP contribution in [0.2, 0.25) is 0 Å². The molecule has 2 N–H and O–H groups in total. The van der Waals surface area contributed by atoms with Gasteiger partial charge in [0, 0.05) is 23.9 Å². The zero-order chi connectivity index (χ0) is 20.9. The predicted octanol–water partition coefficient (Wildman–Crippen LogP) is 1.19. The number of carbonyl (C=O) groups is 2. The summed E-state index contributed by atoms with van der Waals surface area (Å²) in [5, 5.41) is 13.5. The van der Waals surface area contributed by atoms with Gasteiger partial charge in [-0.3, -0.25) is 4.79 Å². The van der Waals surface area contributed by atoms with E-state index in [1.165, 1.54) is 43.3 Å². The number of hydrogen-bond donors (Lipinski definition) is 2. The van der Waals surface area contributed by atoms with Gasteiger partial charge in [0.05, 0.1) is 10.5 Å². The molecule has 1 heterocycles. The number of esters is 1. The molecule has 0 radical (unpaired) electrons. The minimum atomic E-state index is -3.63. The van der Waals surface area contributed by atoms with E-state index < -0.39 is 28.0 Å². The highest BCUT2D eigenvalue weighted by Gasteiger charge is 2.20. The Labute approximate surface area is 163 Å². The van der Waals surface area contributed by atoms with Crippen molar-refractivity contribution >= 4 is 27.6 Å². The topological polar surface area (TPSA) is 129 Å². The van der Waals surface area contributed by atoms with Gasteiger partial charge in [0.15, 0.2) is 18.5 Å². The zero-order valence-corrected chi connectivity index (χ0v) is 16.4. The third-order valence-corrected chi connectivity index (χ3v) is 5.19. The van der Waals surface area contributed by atoms with Crippen molar-refractivity contribution < 1.29 is 27.5 Å². The lowest BCUT2D eigenvalue weighted by atomic mass is 10.2. The Morgan fingerprint density at radius 3 is 2.14 bits per heavy atom. The number of rotatable bonds is 7. The first-order valence-corrected chi connectivity index (χ1v) is 9.90. The molecule has 1 amide bonds. The summed E-state index contributed by atoms with van der Waals surface area (Å²) in [6.07, 6.45) is 1.19. The van der Waals surface area contributed by atoms with Crippen LogP contribution in [-0.4, -0.2) is 32.4 Å². The smallest absolute Gasteiger partial charge is 0.339 e. The number of sulfonamides is 1. The van der Waals surface area contributed by atoms with Crippen molar-refractivity contribution in [2.24, 2.45) is 0 Å². The molecule has 1 atom stereocenters. The lowest BCUT2D eigenvalue weighted by Gasteiger charge is -2.14. The summed E-state index contributed by atoms with van der Waals surface area (Å²) in [5.74, 6) is -1.33. The summed E-state index contributed by atoms with van der Waals surface area (Å²) < 4.78 is 32.2. The molecule has 0 saturated carbocycles. The first kappa shape index (κ1) is 21.3. The second-order valence-electron chi connectivity index (χ2n) is 6.28. The molecule has 0 aliphatic heterocycles. The Balaban J connectivity index is 1.98. The summed E-state index contributed by atoms with van der Waals surface area (Å²) in [7, 11) is -3.63. The SMILES string of the molecule is CC(C)NS(=O)(=O)c1ccc(NC(=O)[C@@H](C)OC(=O)c2cc[n+]([O-])cc2)cc1. The average Bonchev–Trinajstić information content (AvgIpc) is 2.61. The van der Waals surface area contributed by atoms with Gasteiger partial charge in [-0.15, -0.1) is 0 Å². The van der Waals surface area contributed by atoms with Crippen LogP contribution in [0.4, 0.5) is 5.69 Å². The number of amides is 1. The molecule has 0 aliphatic carbocycles. The lowest BCUT2D eigenvalue weighted by Crippen LogP contribution is -2.31. The van der Waals surface area contributed by atoms with Crippen molar-refractivity contribution in [3.63, 3.8) is 0 Å². The van der Waals surface area contributed by atoms with Crippen molar-refractivity contribution in [3.05, 3.63) is 59.6 Å². The van der Waals surface area contributed by atoms with Crippen LogP contribution in [0, 0.1) is 5.21 Å². The van der Waals surface area contributed by atoms with Crippen LogP contribution in [0.15, 0.2) is 53.7 Å². The first-order valence-electron chi connectivity index (χ1n) is 8.41. The van der Waals surface area contributed by atoms with E-state index in [9.17, 15) is 23.2 Å². The van der Waals surface area contributed by atoms with Crippen LogP contribution in [-0.2, 0) is 19.6 Å². The number of aromatic nitrogens is 1. The summed E-state index contributed by atoms with van der Waals surface area (Å²) in [4.78, 5) is 24.2. The van der Waals surface area contributed by atoms with Gasteiger partial charge in [-0.2, -0.15) is 4.73 Å². The van der Waals surface area contributed by atoms with Crippen LogP contribution in [0.5, 0.6) is 0 Å². The molecule has 0 bridgehead atoms. The number of nitrogens with one attached hydrogen (secondary N) is 2. The average molecular weight is 407 g/mol. The molecule has 1 aromatic carbocycles. The molecular weight excluding hydrogens is 386 g/mol. The normalized spacial score (nSPS) is 12.4. The van der Waals surface area contributed by atoms with Crippen molar-refractivity contribution in [1.29, 1.82) is 0 Å². The molecular formula is C18H21N3O6S. The van der Waals surface area contributed by atoms with Crippen LogP contribution in [0.1, 0.15) is 31.1 Å². The zero-order valence-electron chi connectivity index (χ0n) is 15.6. The van der Waals surface area contributed by atoms with E-state index in [0.29, 0.717) is 10.4 Å². The molecule has 9 nitrogen and oxygen atoms in total. The molecule has 0 saturated heterocycles. The molecule has 0 fully saturated rings. The summed E-state index contributed by atoms with van der Waals surface area (Å²) in [5.41, 5.74) is 0.488. The maximum absolute atomic E-state index is 12.2. The predicted molar refractivity (Wildman–Crippen MR) is 101 cm³/mol. The number of benzene rings is 1. The molecule has 28 heavy (non-hydrogen) atoms. The highest BCUT2D eigenvalue weighted by molar-refractivity contribution is 7.89. The van der Waals surface area contributed by atoms with E-state index in [1.54, 1.807) is 13.8 Å². The number of ether oxygens (including phenoxy) is 1. The standard InChI is InChI=1S/C18H21N3O6S/c1-12(2)20-28(25,26)16-6-4-15(5-7-16)19-17(22)13(3)27-18(23)14-8-10-21(24)11-9-14/h4-13,20H,1-3H3,(H,19,22)/t13-/m1/s1. The van der Waals surface area contributed by atoms with Crippen LogP contribution in [0.25, 0.3) is 0 Å². The first-order chi connectivity index (χ1) is 13.1.